The van der Waals surface area contributed by atoms with E-state index in [1.54, 1.807) is 12.1 Å². The summed E-state index contributed by atoms with van der Waals surface area (Å²) in [6, 6.07) is 6.77. The largest absolute Gasteiger partial charge is 0.311 e. The molecule has 0 bridgehead atoms. The molecule has 0 atom stereocenters. The number of nitrogens with one attached hydrogen (secondary N) is 1. The molecule has 0 spiro atoms. The summed E-state index contributed by atoms with van der Waals surface area (Å²) in [5.74, 6) is 0. The van der Waals surface area contributed by atoms with Gasteiger partial charge in [0.25, 0.3) is 6.43 Å². The highest BCUT2D eigenvalue weighted by molar-refractivity contribution is 5.49. The lowest BCUT2D eigenvalue weighted by molar-refractivity contribution is 0.151. The number of hydrogen-bond acceptors (Lipinski definition) is 1. The second-order valence-corrected chi connectivity index (χ2v) is 3.93. The Morgan fingerprint density at radius 1 is 1.19 bits per heavy atom. The maximum atomic E-state index is 12.3. The monoisotopic (exact) mass is 225 g/mol. The molecular formula is C13H17F2N. The van der Waals surface area contributed by atoms with E-state index in [1.807, 2.05) is 12.2 Å². The second-order valence-electron chi connectivity index (χ2n) is 3.93. The fraction of sp³-hybridized carbons (Fsp3) is 0.385. The molecule has 16 heavy (non-hydrogen) atoms. The standard InChI is InChI=1S/C13H17F2N/c1-10(2)16-9-3-4-11-5-7-12(8-6-11)13(14)15/h3-8,10,13,16H,9H2,1-2H3/b4-3+. The zero-order valence-corrected chi connectivity index (χ0v) is 9.58. The van der Waals surface area contributed by atoms with Crippen LogP contribution in [0.5, 0.6) is 0 Å². The van der Waals surface area contributed by atoms with Gasteiger partial charge < -0.3 is 5.32 Å². The maximum Gasteiger partial charge on any atom is 0.263 e. The van der Waals surface area contributed by atoms with Crippen LogP contribution in [0.25, 0.3) is 6.08 Å². The number of rotatable bonds is 5. The highest BCUT2D eigenvalue weighted by Crippen LogP contribution is 2.18. The van der Waals surface area contributed by atoms with Crippen LogP contribution in [0.1, 0.15) is 31.4 Å². The summed E-state index contributed by atoms with van der Waals surface area (Å²) in [7, 11) is 0. The van der Waals surface area contributed by atoms with Gasteiger partial charge in [-0.05, 0) is 5.56 Å². The molecule has 0 amide bonds. The quantitative estimate of drug-likeness (QED) is 0.806. The van der Waals surface area contributed by atoms with E-state index in [1.165, 1.54) is 12.1 Å². The molecule has 3 heteroatoms. The number of halogens is 2. The highest BCUT2D eigenvalue weighted by Gasteiger charge is 2.04. The van der Waals surface area contributed by atoms with Gasteiger partial charge in [-0.3, -0.25) is 0 Å². The van der Waals surface area contributed by atoms with Crippen molar-refractivity contribution in [3.63, 3.8) is 0 Å². The van der Waals surface area contributed by atoms with Crippen molar-refractivity contribution in [2.75, 3.05) is 6.54 Å². The smallest absolute Gasteiger partial charge is 0.263 e. The zero-order chi connectivity index (χ0) is 12.0. The van der Waals surface area contributed by atoms with Gasteiger partial charge >= 0.3 is 0 Å². The van der Waals surface area contributed by atoms with Crippen LogP contribution < -0.4 is 5.32 Å². The fourth-order valence-electron chi connectivity index (χ4n) is 1.25. The van der Waals surface area contributed by atoms with E-state index in [-0.39, 0.29) is 5.56 Å². The van der Waals surface area contributed by atoms with Gasteiger partial charge in [0.1, 0.15) is 0 Å². The minimum absolute atomic E-state index is 0.0671. The molecule has 1 N–H and O–H groups in total. The van der Waals surface area contributed by atoms with Gasteiger partial charge in [0.15, 0.2) is 0 Å². The van der Waals surface area contributed by atoms with E-state index in [4.69, 9.17) is 0 Å². The lowest BCUT2D eigenvalue weighted by Gasteiger charge is -2.03. The molecule has 0 aliphatic rings. The van der Waals surface area contributed by atoms with Crippen molar-refractivity contribution in [2.45, 2.75) is 26.3 Å². The van der Waals surface area contributed by atoms with Crippen LogP contribution in [0.2, 0.25) is 0 Å². The summed E-state index contributed by atoms with van der Waals surface area (Å²) in [5.41, 5.74) is 1.01. The summed E-state index contributed by atoms with van der Waals surface area (Å²) in [6.45, 7) is 4.94. The summed E-state index contributed by atoms with van der Waals surface area (Å²) in [4.78, 5) is 0. The van der Waals surface area contributed by atoms with Crippen LogP contribution >= 0.6 is 0 Å². The molecular weight excluding hydrogens is 208 g/mol. The summed E-state index contributed by atoms with van der Waals surface area (Å²) in [6.07, 6.45) is 1.52. The zero-order valence-electron chi connectivity index (χ0n) is 9.58. The first-order chi connectivity index (χ1) is 7.59. The van der Waals surface area contributed by atoms with E-state index < -0.39 is 6.43 Å². The lowest BCUT2D eigenvalue weighted by Crippen LogP contribution is -2.22. The van der Waals surface area contributed by atoms with Crippen LogP contribution in [0.4, 0.5) is 8.78 Å². The molecule has 1 nitrogen and oxygen atoms in total. The Kier molecular flexibility index (Phi) is 5.12. The Hall–Kier alpha value is -1.22. The van der Waals surface area contributed by atoms with Gasteiger partial charge in [-0.1, -0.05) is 50.3 Å². The summed E-state index contributed by atoms with van der Waals surface area (Å²) in [5, 5.41) is 3.24. The molecule has 0 fully saturated rings. The molecule has 88 valence electrons. The van der Waals surface area contributed by atoms with Gasteiger partial charge in [-0.15, -0.1) is 0 Å². The predicted molar refractivity (Wildman–Crippen MR) is 63.6 cm³/mol. The second kappa shape index (κ2) is 6.38. The number of alkyl halides is 2. The average molecular weight is 225 g/mol. The molecule has 0 heterocycles. The van der Waals surface area contributed by atoms with E-state index in [2.05, 4.69) is 19.2 Å². The van der Waals surface area contributed by atoms with E-state index >= 15 is 0 Å². The molecule has 0 radical (unpaired) electrons. The third-order valence-corrected chi connectivity index (χ3v) is 2.14. The van der Waals surface area contributed by atoms with Crippen LogP contribution in [-0.2, 0) is 0 Å². The van der Waals surface area contributed by atoms with E-state index in [0.29, 0.717) is 6.04 Å². The molecule has 1 aromatic carbocycles. The number of hydrogen-bond donors (Lipinski definition) is 1. The lowest BCUT2D eigenvalue weighted by atomic mass is 10.1. The minimum atomic E-state index is -2.39. The average Bonchev–Trinajstić information content (AvgIpc) is 2.25. The summed E-state index contributed by atoms with van der Waals surface area (Å²) >= 11 is 0. The van der Waals surface area contributed by atoms with Crippen molar-refractivity contribution in [3.8, 4) is 0 Å². The minimum Gasteiger partial charge on any atom is -0.311 e. The number of benzene rings is 1. The predicted octanol–water partition coefficient (Wildman–Crippen LogP) is 3.64. The van der Waals surface area contributed by atoms with Crippen LogP contribution in [0, 0.1) is 0 Å². The fourth-order valence-corrected chi connectivity index (χ4v) is 1.25. The van der Waals surface area contributed by atoms with Crippen molar-refractivity contribution >= 4 is 6.08 Å². The van der Waals surface area contributed by atoms with Crippen LogP contribution in [0.15, 0.2) is 30.3 Å². The van der Waals surface area contributed by atoms with E-state index in [0.717, 1.165) is 12.1 Å². The molecule has 0 saturated heterocycles. The van der Waals surface area contributed by atoms with Crippen molar-refractivity contribution in [3.05, 3.63) is 41.5 Å². The van der Waals surface area contributed by atoms with Crippen molar-refractivity contribution < 1.29 is 8.78 Å². The molecule has 0 aliphatic carbocycles. The Morgan fingerprint density at radius 3 is 2.31 bits per heavy atom. The van der Waals surface area contributed by atoms with Crippen molar-refractivity contribution in [1.82, 2.24) is 5.32 Å². The first-order valence-electron chi connectivity index (χ1n) is 5.37. The van der Waals surface area contributed by atoms with Gasteiger partial charge in [0.05, 0.1) is 0 Å². The molecule has 0 saturated carbocycles. The molecule has 1 rings (SSSR count). The first-order valence-corrected chi connectivity index (χ1v) is 5.37. The SMILES string of the molecule is CC(C)NC/C=C/c1ccc(C(F)F)cc1. The highest BCUT2D eigenvalue weighted by atomic mass is 19.3. The topological polar surface area (TPSA) is 12.0 Å². The maximum absolute atomic E-state index is 12.3. The van der Waals surface area contributed by atoms with Gasteiger partial charge in [0, 0.05) is 18.2 Å². The molecule has 0 aliphatic heterocycles. The first kappa shape index (κ1) is 12.8. The van der Waals surface area contributed by atoms with E-state index in [9.17, 15) is 8.78 Å². The summed E-state index contributed by atoms with van der Waals surface area (Å²) < 4.78 is 24.5. The van der Waals surface area contributed by atoms with Gasteiger partial charge in [-0.2, -0.15) is 0 Å². The van der Waals surface area contributed by atoms with Crippen LogP contribution in [-0.4, -0.2) is 12.6 Å². The van der Waals surface area contributed by atoms with Crippen molar-refractivity contribution in [2.24, 2.45) is 0 Å². The molecule has 1 aromatic rings. The Bertz CT molecular complexity index is 328. The third-order valence-electron chi connectivity index (χ3n) is 2.14. The Balaban J connectivity index is 2.48. The Labute approximate surface area is 95.2 Å². The van der Waals surface area contributed by atoms with Gasteiger partial charge in [-0.25, -0.2) is 8.78 Å². The Morgan fingerprint density at radius 2 is 1.81 bits per heavy atom. The molecule has 0 unspecified atom stereocenters. The van der Waals surface area contributed by atoms with Gasteiger partial charge in [0.2, 0.25) is 0 Å². The normalized spacial score (nSPS) is 11.9. The molecule has 0 aromatic heterocycles. The third kappa shape index (κ3) is 4.53. The van der Waals surface area contributed by atoms with Crippen molar-refractivity contribution in [1.29, 1.82) is 0 Å². The van der Waals surface area contributed by atoms with Crippen LogP contribution in [0.3, 0.4) is 0 Å².